The molecular formula is C11H10ClIS. The summed E-state index contributed by atoms with van der Waals surface area (Å²) < 4.78 is 2.76. The summed E-state index contributed by atoms with van der Waals surface area (Å²) in [5.41, 5.74) is 2.70. The minimum atomic E-state index is 0.619. The molecule has 0 nitrogen and oxygen atoms in total. The minimum Gasteiger partial charge on any atom is -0.142 e. The van der Waals surface area contributed by atoms with Gasteiger partial charge >= 0.3 is 0 Å². The zero-order valence-corrected chi connectivity index (χ0v) is 11.5. The summed E-state index contributed by atoms with van der Waals surface area (Å²) >= 11 is 10.1. The van der Waals surface area contributed by atoms with Crippen molar-refractivity contribution in [2.24, 2.45) is 0 Å². The van der Waals surface area contributed by atoms with E-state index in [0.29, 0.717) is 5.88 Å². The Morgan fingerprint density at radius 1 is 1.43 bits per heavy atom. The Morgan fingerprint density at radius 3 is 2.86 bits per heavy atom. The van der Waals surface area contributed by atoms with Crippen LogP contribution in [0.25, 0.3) is 10.1 Å². The number of hydrogen-bond acceptors (Lipinski definition) is 1. The molecule has 0 radical (unpaired) electrons. The van der Waals surface area contributed by atoms with Crippen molar-refractivity contribution in [1.29, 1.82) is 0 Å². The second-order valence-corrected chi connectivity index (χ2v) is 5.46. The van der Waals surface area contributed by atoms with Crippen molar-refractivity contribution in [1.82, 2.24) is 0 Å². The second kappa shape index (κ2) is 4.37. The number of hydrogen-bond donors (Lipinski definition) is 0. The first kappa shape index (κ1) is 10.7. The van der Waals surface area contributed by atoms with E-state index in [1.807, 2.05) is 11.3 Å². The Bertz CT molecular complexity index is 462. The maximum Gasteiger partial charge on any atom is 0.0477 e. The summed E-state index contributed by atoms with van der Waals surface area (Å²) in [6.07, 6.45) is 1.07. The molecule has 1 aromatic carbocycles. The Morgan fingerprint density at radius 2 is 2.21 bits per heavy atom. The van der Waals surface area contributed by atoms with Crippen molar-refractivity contribution in [3.05, 3.63) is 32.2 Å². The van der Waals surface area contributed by atoms with Crippen molar-refractivity contribution in [3.8, 4) is 0 Å². The number of alkyl halides is 1. The van der Waals surface area contributed by atoms with Crippen molar-refractivity contribution < 1.29 is 0 Å². The first-order valence-corrected chi connectivity index (χ1v) is 7.00. The van der Waals surface area contributed by atoms with Gasteiger partial charge in [-0.05, 0) is 40.1 Å². The molecule has 3 heteroatoms. The number of aryl methyl sites for hydroxylation is 1. The van der Waals surface area contributed by atoms with E-state index >= 15 is 0 Å². The number of rotatable bonds is 2. The number of fused-ring (bicyclic) bond motifs is 1. The Hall–Kier alpha value is 0.200. The summed E-state index contributed by atoms with van der Waals surface area (Å²) in [7, 11) is 0. The fourth-order valence-electron chi connectivity index (χ4n) is 1.68. The third-order valence-electron chi connectivity index (χ3n) is 2.39. The molecule has 0 fully saturated rings. The lowest BCUT2D eigenvalue weighted by atomic mass is 10.0. The lowest BCUT2D eigenvalue weighted by molar-refractivity contribution is 1.12. The van der Waals surface area contributed by atoms with Crippen molar-refractivity contribution in [2.75, 3.05) is 0 Å². The van der Waals surface area contributed by atoms with Gasteiger partial charge in [0, 0.05) is 24.9 Å². The largest absolute Gasteiger partial charge is 0.142 e. The van der Waals surface area contributed by atoms with Crippen LogP contribution < -0.4 is 0 Å². The zero-order valence-electron chi connectivity index (χ0n) is 7.81. The van der Waals surface area contributed by atoms with Crippen molar-refractivity contribution >= 4 is 55.6 Å². The van der Waals surface area contributed by atoms with Crippen LogP contribution in [0.4, 0.5) is 0 Å². The molecular weight excluding hydrogens is 327 g/mol. The first-order valence-electron chi connectivity index (χ1n) is 4.51. The van der Waals surface area contributed by atoms with Crippen LogP contribution in [0.2, 0.25) is 0 Å². The molecule has 1 heterocycles. The fourth-order valence-corrected chi connectivity index (χ4v) is 4.01. The molecule has 0 aliphatic heterocycles. The van der Waals surface area contributed by atoms with Gasteiger partial charge in [-0.3, -0.25) is 0 Å². The van der Waals surface area contributed by atoms with E-state index in [1.54, 1.807) is 0 Å². The highest BCUT2D eigenvalue weighted by molar-refractivity contribution is 14.1. The van der Waals surface area contributed by atoms with Gasteiger partial charge in [-0.1, -0.05) is 19.1 Å². The van der Waals surface area contributed by atoms with Gasteiger partial charge in [0.2, 0.25) is 0 Å². The Balaban J connectivity index is 2.77. The van der Waals surface area contributed by atoms with Gasteiger partial charge in [0.1, 0.15) is 0 Å². The highest BCUT2D eigenvalue weighted by Gasteiger charge is 2.08. The van der Waals surface area contributed by atoms with Crippen LogP contribution in [0, 0.1) is 3.57 Å². The number of benzene rings is 1. The van der Waals surface area contributed by atoms with Crippen LogP contribution >= 0.6 is 45.5 Å². The average molecular weight is 337 g/mol. The quantitative estimate of drug-likeness (QED) is 0.545. The normalized spacial score (nSPS) is 11.1. The maximum absolute atomic E-state index is 5.92. The molecule has 0 saturated carbocycles. The second-order valence-electron chi connectivity index (χ2n) is 3.15. The lowest BCUT2D eigenvalue weighted by Gasteiger charge is -2.05. The fraction of sp³-hybridized carbons (Fsp3) is 0.273. The van der Waals surface area contributed by atoms with Gasteiger partial charge < -0.3 is 0 Å². The predicted octanol–water partition coefficient (Wildman–Crippen LogP) is 4.81. The zero-order chi connectivity index (χ0) is 10.1. The molecule has 0 atom stereocenters. The molecule has 0 unspecified atom stereocenters. The SMILES string of the molecule is CCc1c(CCl)ccc2c(I)csc12. The smallest absolute Gasteiger partial charge is 0.0477 e. The van der Waals surface area contributed by atoms with E-state index < -0.39 is 0 Å². The van der Waals surface area contributed by atoms with E-state index in [9.17, 15) is 0 Å². The highest BCUT2D eigenvalue weighted by Crippen LogP contribution is 2.32. The summed E-state index contributed by atoms with van der Waals surface area (Å²) in [6.45, 7) is 2.19. The molecule has 0 N–H and O–H groups in total. The van der Waals surface area contributed by atoms with E-state index in [0.717, 1.165) is 6.42 Å². The minimum absolute atomic E-state index is 0.619. The molecule has 2 rings (SSSR count). The third kappa shape index (κ3) is 1.68. The summed E-state index contributed by atoms with van der Waals surface area (Å²) in [5.74, 6) is 0.619. The standard InChI is InChI=1S/C11H10ClIS/c1-2-8-7(5-12)3-4-9-10(13)6-14-11(8)9/h3-4,6H,2,5H2,1H3. The van der Waals surface area contributed by atoms with E-state index in [4.69, 9.17) is 11.6 Å². The monoisotopic (exact) mass is 336 g/mol. The molecule has 2 aromatic rings. The van der Waals surface area contributed by atoms with Crippen LogP contribution in [0.5, 0.6) is 0 Å². The summed E-state index contributed by atoms with van der Waals surface area (Å²) in [6, 6.07) is 4.34. The third-order valence-corrected chi connectivity index (χ3v) is 5.05. The van der Waals surface area contributed by atoms with E-state index in [2.05, 4.69) is 47.0 Å². The summed E-state index contributed by atoms with van der Waals surface area (Å²) in [5, 5.41) is 3.59. The summed E-state index contributed by atoms with van der Waals surface area (Å²) in [4.78, 5) is 0. The number of thiophene rings is 1. The van der Waals surface area contributed by atoms with Crippen LogP contribution in [-0.2, 0) is 12.3 Å². The van der Waals surface area contributed by atoms with Gasteiger partial charge in [-0.15, -0.1) is 22.9 Å². The van der Waals surface area contributed by atoms with Crippen LogP contribution in [0.1, 0.15) is 18.1 Å². The van der Waals surface area contributed by atoms with Gasteiger partial charge in [0.25, 0.3) is 0 Å². The lowest BCUT2D eigenvalue weighted by Crippen LogP contribution is -1.89. The van der Waals surface area contributed by atoms with Gasteiger partial charge in [0.15, 0.2) is 0 Å². The van der Waals surface area contributed by atoms with E-state index in [-0.39, 0.29) is 0 Å². The van der Waals surface area contributed by atoms with Gasteiger partial charge in [-0.2, -0.15) is 0 Å². The van der Waals surface area contributed by atoms with Gasteiger partial charge in [0.05, 0.1) is 0 Å². The van der Waals surface area contributed by atoms with Crippen LogP contribution in [-0.4, -0.2) is 0 Å². The van der Waals surface area contributed by atoms with Crippen LogP contribution in [0.15, 0.2) is 17.5 Å². The molecule has 0 aliphatic rings. The first-order chi connectivity index (χ1) is 6.77. The molecule has 1 aromatic heterocycles. The Labute approximate surface area is 106 Å². The number of halogens is 2. The average Bonchev–Trinajstić information content (AvgIpc) is 2.59. The molecule has 0 saturated heterocycles. The predicted molar refractivity (Wildman–Crippen MR) is 73.5 cm³/mol. The van der Waals surface area contributed by atoms with Gasteiger partial charge in [-0.25, -0.2) is 0 Å². The molecule has 0 aliphatic carbocycles. The molecule has 0 amide bonds. The molecule has 74 valence electrons. The topological polar surface area (TPSA) is 0 Å². The molecule has 0 spiro atoms. The maximum atomic E-state index is 5.92. The van der Waals surface area contributed by atoms with E-state index in [1.165, 1.54) is 24.8 Å². The van der Waals surface area contributed by atoms with Crippen molar-refractivity contribution in [3.63, 3.8) is 0 Å². The van der Waals surface area contributed by atoms with Crippen molar-refractivity contribution in [2.45, 2.75) is 19.2 Å². The molecule has 14 heavy (non-hydrogen) atoms. The Kier molecular flexibility index (Phi) is 3.34. The van der Waals surface area contributed by atoms with Crippen LogP contribution in [0.3, 0.4) is 0 Å². The highest BCUT2D eigenvalue weighted by atomic mass is 127. The molecule has 0 bridgehead atoms.